The average Bonchev–Trinajstić information content (AvgIpc) is 2.85. The Kier molecular flexibility index (Phi) is 14.3. The van der Waals surface area contributed by atoms with Crippen molar-refractivity contribution < 1.29 is 19.0 Å². The number of benzene rings is 2. The summed E-state index contributed by atoms with van der Waals surface area (Å²) in [7, 11) is 0. The Morgan fingerprint density at radius 2 is 1.42 bits per heavy atom. The SMILES string of the molecule is CCCCN(CCCC)C(=O)c1ccc(OCCCOc2c(Cl)cc(OCC=C(Cl)Cl)cc2Cl)cc1. The predicted octanol–water partition coefficient (Wildman–Crippen LogP) is 8.58. The van der Waals surface area contributed by atoms with Crippen LogP contribution in [0, 0.1) is 0 Å². The maximum absolute atomic E-state index is 12.9. The van der Waals surface area contributed by atoms with Crippen molar-refractivity contribution in [3.63, 3.8) is 0 Å². The number of rotatable bonds is 16. The van der Waals surface area contributed by atoms with Gasteiger partial charge in [-0.15, -0.1) is 0 Å². The normalized spacial score (nSPS) is 10.6. The Labute approximate surface area is 234 Å². The Morgan fingerprint density at radius 1 is 0.833 bits per heavy atom. The lowest BCUT2D eigenvalue weighted by Crippen LogP contribution is -2.32. The van der Waals surface area contributed by atoms with E-state index >= 15 is 0 Å². The average molecular weight is 577 g/mol. The molecule has 0 bridgehead atoms. The monoisotopic (exact) mass is 575 g/mol. The first-order valence-corrected chi connectivity index (χ1v) is 13.6. The maximum atomic E-state index is 12.9. The predicted molar refractivity (Wildman–Crippen MR) is 150 cm³/mol. The standard InChI is InChI=1S/C27H33Cl4NO4/c1-3-5-13-32(14-6-4-2)27(33)20-8-10-21(11-9-20)34-15-7-16-36-26-23(28)18-22(19-24(26)29)35-17-12-25(30)31/h8-12,18-19H,3-7,13-17H2,1-2H3. The summed E-state index contributed by atoms with van der Waals surface area (Å²) in [6.45, 7) is 6.84. The summed E-state index contributed by atoms with van der Waals surface area (Å²) in [6.07, 6.45) is 6.27. The highest BCUT2D eigenvalue weighted by atomic mass is 35.5. The Morgan fingerprint density at radius 3 is 1.97 bits per heavy atom. The molecule has 0 saturated heterocycles. The fourth-order valence-corrected chi connectivity index (χ4v) is 3.97. The zero-order valence-corrected chi connectivity index (χ0v) is 23.7. The van der Waals surface area contributed by atoms with E-state index in [-0.39, 0.29) is 17.0 Å². The molecule has 0 N–H and O–H groups in total. The molecular formula is C27H33Cl4NO4. The van der Waals surface area contributed by atoms with Gasteiger partial charge in [0.25, 0.3) is 5.91 Å². The fourth-order valence-electron chi connectivity index (χ4n) is 3.27. The van der Waals surface area contributed by atoms with Crippen LogP contribution in [0.15, 0.2) is 47.0 Å². The van der Waals surface area contributed by atoms with Crippen LogP contribution in [0.4, 0.5) is 0 Å². The van der Waals surface area contributed by atoms with E-state index in [1.165, 1.54) is 6.08 Å². The zero-order chi connectivity index (χ0) is 26.3. The molecular weight excluding hydrogens is 544 g/mol. The van der Waals surface area contributed by atoms with Crippen molar-refractivity contribution in [3.05, 3.63) is 62.6 Å². The van der Waals surface area contributed by atoms with Gasteiger partial charge in [-0.3, -0.25) is 4.79 Å². The van der Waals surface area contributed by atoms with E-state index in [2.05, 4.69) is 13.8 Å². The molecule has 2 aromatic carbocycles. The summed E-state index contributed by atoms with van der Waals surface area (Å²) in [5, 5.41) is 0.679. The number of carbonyl (C=O) groups excluding carboxylic acids is 1. The van der Waals surface area contributed by atoms with E-state index in [1.807, 2.05) is 29.2 Å². The lowest BCUT2D eigenvalue weighted by atomic mass is 10.1. The van der Waals surface area contributed by atoms with Crippen molar-refractivity contribution >= 4 is 52.3 Å². The van der Waals surface area contributed by atoms with E-state index in [1.54, 1.807) is 12.1 Å². The number of amides is 1. The third kappa shape index (κ3) is 10.7. The van der Waals surface area contributed by atoms with Gasteiger partial charge in [0, 0.05) is 37.2 Å². The molecule has 0 aliphatic rings. The molecule has 0 saturated carbocycles. The minimum absolute atomic E-state index is 0.0707. The molecule has 2 rings (SSSR count). The summed E-state index contributed by atoms with van der Waals surface area (Å²) >= 11 is 23.7. The molecule has 36 heavy (non-hydrogen) atoms. The van der Waals surface area contributed by atoms with Crippen LogP contribution in [0.5, 0.6) is 17.2 Å². The maximum Gasteiger partial charge on any atom is 0.253 e. The van der Waals surface area contributed by atoms with Gasteiger partial charge >= 0.3 is 0 Å². The molecule has 0 aliphatic carbocycles. The number of carbonyl (C=O) groups is 1. The second-order valence-corrected chi connectivity index (χ2v) is 9.92. The Balaban J connectivity index is 1.80. The molecule has 1 amide bonds. The van der Waals surface area contributed by atoms with Crippen LogP contribution in [0.3, 0.4) is 0 Å². The number of ether oxygens (including phenoxy) is 3. The lowest BCUT2D eigenvalue weighted by molar-refractivity contribution is 0.0751. The first kappa shape index (κ1) is 30.4. The molecule has 0 atom stereocenters. The van der Waals surface area contributed by atoms with E-state index < -0.39 is 0 Å². The van der Waals surface area contributed by atoms with Gasteiger partial charge in [0.05, 0.1) is 23.3 Å². The van der Waals surface area contributed by atoms with Crippen LogP contribution in [-0.2, 0) is 0 Å². The summed E-state index contributed by atoms with van der Waals surface area (Å²) in [5.41, 5.74) is 0.677. The second kappa shape index (κ2) is 16.9. The van der Waals surface area contributed by atoms with Crippen LogP contribution in [0.1, 0.15) is 56.3 Å². The van der Waals surface area contributed by atoms with Crippen molar-refractivity contribution in [1.29, 1.82) is 0 Å². The topological polar surface area (TPSA) is 48.0 Å². The van der Waals surface area contributed by atoms with Crippen molar-refractivity contribution in [2.75, 3.05) is 32.9 Å². The van der Waals surface area contributed by atoms with Crippen molar-refractivity contribution in [2.24, 2.45) is 0 Å². The molecule has 0 heterocycles. The van der Waals surface area contributed by atoms with Gasteiger partial charge in [0.1, 0.15) is 22.6 Å². The minimum atomic E-state index is 0.0707. The summed E-state index contributed by atoms with van der Waals surface area (Å²) < 4.78 is 17.1. The Hall–Kier alpha value is -1.79. The largest absolute Gasteiger partial charge is 0.493 e. The van der Waals surface area contributed by atoms with E-state index in [0.29, 0.717) is 52.5 Å². The molecule has 9 heteroatoms. The number of halogens is 4. The van der Waals surface area contributed by atoms with Crippen LogP contribution in [0.25, 0.3) is 0 Å². The number of nitrogens with zero attached hydrogens (tertiary/aromatic N) is 1. The lowest BCUT2D eigenvalue weighted by Gasteiger charge is -2.22. The third-order valence-electron chi connectivity index (χ3n) is 5.21. The first-order chi connectivity index (χ1) is 17.3. The van der Waals surface area contributed by atoms with Crippen molar-refractivity contribution in [1.82, 2.24) is 4.90 Å². The highest BCUT2D eigenvalue weighted by Crippen LogP contribution is 2.37. The van der Waals surface area contributed by atoms with Crippen LogP contribution < -0.4 is 14.2 Å². The summed E-state index contributed by atoms with van der Waals surface area (Å²) in [4.78, 5) is 14.8. The van der Waals surface area contributed by atoms with Crippen LogP contribution >= 0.6 is 46.4 Å². The van der Waals surface area contributed by atoms with Gasteiger partial charge in [0.2, 0.25) is 0 Å². The highest BCUT2D eigenvalue weighted by Gasteiger charge is 2.15. The van der Waals surface area contributed by atoms with Gasteiger partial charge in [0.15, 0.2) is 5.75 Å². The molecule has 0 fully saturated rings. The molecule has 0 aromatic heterocycles. The molecule has 5 nitrogen and oxygen atoms in total. The molecule has 0 aliphatic heterocycles. The molecule has 2 aromatic rings. The highest BCUT2D eigenvalue weighted by molar-refractivity contribution is 6.55. The molecule has 0 unspecified atom stereocenters. The summed E-state index contributed by atoms with van der Waals surface area (Å²) in [6, 6.07) is 10.5. The second-order valence-electron chi connectivity index (χ2n) is 8.09. The third-order valence-corrected chi connectivity index (χ3v) is 6.08. The van der Waals surface area contributed by atoms with Gasteiger partial charge in [-0.05, 0) is 43.2 Å². The zero-order valence-electron chi connectivity index (χ0n) is 20.7. The van der Waals surface area contributed by atoms with Gasteiger partial charge in [-0.25, -0.2) is 0 Å². The quantitative estimate of drug-likeness (QED) is 0.188. The van der Waals surface area contributed by atoms with Gasteiger partial charge < -0.3 is 19.1 Å². The van der Waals surface area contributed by atoms with Crippen molar-refractivity contribution in [2.45, 2.75) is 46.0 Å². The van der Waals surface area contributed by atoms with Crippen molar-refractivity contribution in [3.8, 4) is 17.2 Å². The van der Waals surface area contributed by atoms with Crippen LogP contribution in [0.2, 0.25) is 10.0 Å². The molecule has 198 valence electrons. The van der Waals surface area contributed by atoms with Crippen LogP contribution in [-0.4, -0.2) is 43.7 Å². The van der Waals surface area contributed by atoms with Gasteiger partial charge in [-0.1, -0.05) is 73.1 Å². The molecule has 0 radical (unpaired) electrons. The molecule has 0 spiro atoms. The van der Waals surface area contributed by atoms with E-state index in [0.717, 1.165) is 38.8 Å². The Bertz CT molecular complexity index is 947. The van der Waals surface area contributed by atoms with Gasteiger partial charge in [-0.2, -0.15) is 0 Å². The first-order valence-electron chi connectivity index (χ1n) is 12.1. The van der Waals surface area contributed by atoms with E-state index in [4.69, 9.17) is 60.6 Å². The summed E-state index contributed by atoms with van der Waals surface area (Å²) in [5.74, 6) is 1.63. The fraction of sp³-hybridized carbons (Fsp3) is 0.444. The minimum Gasteiger partial charge on any atom is -0.493 e. The number of hydrogen-bond acceptors (Lipinski definition) is 4. The smallest absolute Gasteiger partial charge is 0.253 e. The van der Waals surface area contributed by atoms with E-state index in [9.17, 15) is 4.79 Å². The number of unbranched alkanes of at least 4 members (excludes halogenated alkanes) is 2. The number of hydrogen-bond donors (Lipinski definition) is 0.